The van der Waals surface area contributed by atoms with Gasteiger partial charge in [0.15, 0.2) is 0 Å². The molecule has 10 aromatic carbocycles. The number of hydrogen-bond donors (Lipinski definition) is 0. The van der Waals surface area contributed by atoms with Gasteiger partial charge in [0.05, 0.1) is 16.4 Å². The van der Waals surface area contributed by atoms with E-state index in [1.54, 1.807) is 11.1 Å². The highest BCUT2D eigenvalue weighted by Crippen LogP contribution is 2.52. The predicted octanol–water partition coefficient (Wildman–Crippen LogP) is 31.4. The number of halogens is 1. The van der Waals surface area contributed by atoms with Crippen molar-refractivity contribution in [2.75, 3.05) is 19.6 Å². The van der Waals surface area contributed by atoms with Crippen LogP contribution >= 0.6 is 11.6 Å². The lowest BCUT2D eigenvalue weighted by Crippen LogP contribution is -2.61. The highest BCUT2D eigenvalue weighted by molar-refractivity contribution is 7.00. The molecule has 2 aliphatic heterocycles. The van der Waals surface area contributed by atoms with Crippen molar-refractivity contribution >= 4 is 103 Å². The van der Waals surface area contributed by atoms with Gasteiger partial charge < -0.3 is 19.6 Å². The van der Waals surface area contributed by atoms with Crippen molar-refractivity contribution in [1.29, 1.82) is 0 Å². The largest absolute Gasteiger partial charge is 0.311 e. The third-order valence-electron chi connectivity index (χ3n) is 30.0. The Hall–Kier alpha value is -8.25. The molecule has 10 aromatic rings. The molecular weight excluding hydrogens is 1400 g/mol. The van der Waals surface area contributed by atoms with Crippen LogP contribution in [0.15, 0.2) is 218 Å². The van der Waals surface area contributed by atoms with Gasteiger partial charge >= 0.3 is 0 Å². The molecule has 2 heterocycles. The van der Waals surface area contributed by atoms with Crippen molar-refractivity contribution in [2.45, 2.75) is 304 Å². The maximum absolute atomic E-state index is 7.83. The lowest BCUT2D eigenvalue weighted by Gasteiger charge is -2.44. The summed E-state index contributed by atoms with van der Waals surface area (Å²) in [6.45, 7) is 0.198. The molecule has 8 fully saturated rings. The summed E-state index contributed by atoms with van der Waals surface area (Å²) in [7, 11) is 0. The predicted molar refractivity (Wildman–Crippen MR) is 488 cm³/mol. The van der Waals surface area contributed by atoms with Crippen LogP contribution in [0.2, 0.25) is 5.02 Å². The Bertz CT molecular complexity index is 4400. The molecule has 4 nitrogen and oxygen atoms in total. The number of anilines is 12. The van der Waals surface area contributed by atoms with E-state index in [-0.39, 0.29) is 6.71 Å². The van der Waals surface area contributed by atoms with Gasteiger partial charge in [0, 0.05) is 56.9 Å². The van der Waals surface area contributed by atoms with Gasteiger partial charge in [0.1, 0.15) is 0 Å². The average molecular weight is 1520 g/mol. The monoisotopic (exact) mass is 1520 g/mol. The zero-order valence-electron chi connectivity index (χ0n) is 68.4. The molecule has 0 amide bonds. The molecule has 0 N–H and O–H groups in total. The van der Waals surface area contributed by atoms with E-state index in [9.17, 15) is 0 Å². The van der Waals surface area contributed by atoms with E-state index in [0.717, 1.165) is 39.1 Å². The summed E-state index contributed by atoms with van der Waals surface area (Å²) in [5.74, 6) is 5.44. The summed E-state index contributed by atoms with van der Waals surface area (Å²) in [6, 6.07) is 86.8. The topological polar surface area (TPSA) is 13.0 Å². The molecule has 586 valence electrons. The minimum absolute atomic E-state index is 0.198. The first-order valence-corrected chi connectivity index (χ1v) is 46.8. The molecule has 20 rings (SSSR count). The van der Waals surface area contributed by atoms with Crippen LogP contribution in [-0.2, 0) is 0 Å². The van der Waals surface area contributed by atoms with Crippen LogP contribution in [0.25, 0.3) is 0 Å². The van der Waals surface area contributed by atoms with Gasteiger partial charge in [-0.05, 0) is 320 Å². The van der Waals surface area contributed by atoms with Crippen molar-refractivity contribution < 1.29 is 0 Å². The summed E-state index contributed by atoms with van der Waals surface area (Å²) in [5, 5.41) is 0.762. The Kier molecular flexibility index (Phi) is 23.5. The Morgan fingerprint density at radius 3 is 0.702 bits per heavy atom. The van der Waals surface area contributed by atoms with Gasteiger partial charge in [-0.1, -0.05) is 275 Å². The minimum Gasteiger partial charge on any atom is -0.311 e. The first-order valence-electron chi connectivity index (χ1n) is 46.5. The lowest BCUT2D eigenvalue weighted by atomic mass is 9.33. The second kappa shape index (κ2) is 35.3. The van der Waals surface area contributed by atoms with Crippen molar-refractivity contribution in [1.82, 2.24) is 0 Å². The Balaban J connectivity index is 0.000000153. The SMILES string of the molecule is Clc1c(N(c2ccc(C3CCCCC3)cc2)c2ccc(C3CCCCC3)cc2)cccc1N(c1ccc(C2CCCCC2)cc1)c1ccc(C2CCCCC2)cc1.c1cc2c3c(c1)N(c1ccc(C4CCCCC4)cc1)c1ccc(C4CCCCC4)cc1B3c1cc(C3CCCCC3)ccc1N2c1ccc(C2CCCCC2)cc1. The quantitative estimate of drug-likeness (QED) is 0.0894. The highest BCUT2D eigenvalue weighted by atomic mass is 35.5. The lowest BCUT2D eigenvalue weighted by molar-refractivity contribution is 0.443. The maximum Gasteiger partial charge on any atom is 0.252 e. The Labute approximate surface area is 690 Å². The number of fused-ring (bicyclic) bond motifs is 4. The van der Waals surface area contributed by atoms with Crippen molar-refractivity contribution in [3.63, 3.8) is 0 Å². The van der Waals surface area contributed by atoms with Crippen LogP contribution in [0.3, 0.4) is 0 Å². The van der Waals surface area contributed by atoms with E-state index in [4.69, 9.17) is 11.6 Å². The van der Waals surface area contributed by atoms with Gasteiger partial charge in [-0.3, -0.25) is 0 Å². The zero-order valence-corrected chi connectivity index (χ0v) is 69.2. The molecule has 6 heteroatoms. The van der Waals surface area contributed by atoms with E-state index in [1.807, 2.05) is 0 Å². The minimum atomic E-state index is 0.198. The van der Waals surface area contributed by atoms with Crippen LogP contribution in [-0.4, -0.2) is 6.71 Å². The Morgan fingerprint density at radius 2 is 0.447 bits per heavy atom. The summed E-state index contributed by atoms with van der Waals surface area (Å²) in [4.78, 5) is 10.1. The molecule has 8 aliphatic carbocycles. The smallest absolute Gasteiger partial charge is 0.252 e. The first-order chi connectivity index (χ1) is 56.5. The summed E-state index contributed by atoms with van der Waals surface area (Å²) in [6.07, 6.45) is 53.8. The molecule has 8 saturated carbocycles. The van der Waals surface area contributed by atoms with Crippen LogP contribution < -0.4 is 36.0 Å². The van der Waals surface area contributed by atoms with Gasteiger partial charge in [-0.25, -0.2) is 0 Å². The molecule has 0 atom stereocenters. The molecule has 114 heavy (non-hydrogen) atoms. The number of nitrogens with zero attached hydrogens (tertiary/aromatic N) is 4. The van der Waals surface area contributed by atoms with Crippen molar-refractivity contribution in [3.05, 3.63) is 268 Å². The highest BCUT2D eigenvalue weighted by Gasteiger charge is 2.44. The van der Waals surface area contributed by atoms with Crippen LogP contribution in [0.1, 0.15) is 349 Å². The van der Waals surface area contributed by atoms with Crippen LogP contribution in [0.4, 0.5) is 68.2 Å². The third kappa shape index (κ3) is 16.0. The van der Waals surface area contributed by atoms with Crippen LogP contribution in [0.5, 0.6) is 0 Å². The van der Waals surface area contributed by atoms with E-state index in [0.29, 0.717) is 47.3 Å². The van der Waals surface area contributed by atoms with Gasteiger partial charge in [0.25, 0.3) is 6.71 Å². The van der Waals surface area contributed by atoms with Gasteiger partial charge in [0.2, 0.25) is 0 Å². The maximum atomic E-state index is 7.83. The van der Waals surface area contributed by atoms with Crippen molar-refractivity contribution in [2.24, 2.45) is 0 Å². The third-order valence-corrected chi connectivity index (χ3v) is 30.4. The van der Waals surface area contributed by atoms with Crippen LogP contribution in [0, 0.1) is 0 Å². The zero-order chi connectivity index (χ0) is 76.1. The molecule has 10 aliphatic rings. The normalized spacial score (nSPS) is 19.8. The second-order valence-corrected chi connectivity index (χ2v) is 37.3. The van der Waals surface area contributed by atoms with E-state index < -0.39 is 0 Å². The molecular formula is C108H124BClN4. The number of benzene rings is 10. The van der Waals surface area contributed by atoms with E-state index in [2.05, 4.69) is 238 Å². The molecule has 0 saturated heterocycles. The standard InChI is InChI=1S/C54H61BN2.C54H63ClN2/c1-5-14-38(15-6-1)42-24-30-46(31-25-42)56-50-34-28-44(40-18-9-3-10-19-40)36-48(50)55-49-37-45(41-20-11-4-12-21-41)29-35-51(49)57(53-23-13-22-52(56)54(53)55)47-32-26-43(27-33-47)39-16-7-2-8-17-39;55-54-52(56(48-32-24-44(25-33-48)40-14-5-1-6-15-40)49-34-26-45(27-35-49)41-16-7-2-8-17-41)22-13-23-53(54)57(50-36-28-46(29-37-50)42-18-9-3-10-19-42)51-38-30-47(31-39-51)43-20-11-4-12-21-43/h13,22-41H,1-12,14-21H2;13,22-43H,1-12,14-21H2. The summed E-state index contributed by atoms with van der Waals surface area (Å²) < 4.78 is 0. The fourth-order valence-electron chi connectivity index (χ4n) is 23.6. The summed E-state index contributed by atoms with van der Waals surface area (Å²) >= 11 is 7.83. The molecule has 0 radical (unpaired) electrons. The fourth-order valence-corrected chi connectivity index (χ4v) is 23.9. The number of rotatable bonds is 16. The average Bonchev–Trinajstić information content (AvgIpc) is 0.699. The number of hydrogen-bond acceptors (Lipinski definition) is 4. The van der Waals surface area contributed by atoms with E-state index >= 15 is 0 Å². The second-order valence-electron chi connectivity index (χ2n) is 37.0. The molecule has 0 bridgehead atoms. The van der Waals surface area contributed by atoms with Crippen molar-refractivity contribution in [3.8, 4) is 0 Å². The first kappa shape index (κ1) is 75.8. The van der Waals surface area contributed by atoms with E-state index in [1.165, 1.54) is 341 Å². The van der Waals surface area contributed by atoms with Gasteiger partial charge in [-0.2, -0.15) is 0 Å². The molecule has 0 unspecified atom stereocenters. The Morgan fingerprint density at radius 1 is 0.228 bits per heavy atom. The fraction of sp³-hybridized carbons (Fsp3) is 0.444. The molecule has 0 aromatic heterocycles. The summed E-state index contributed by atoms with van der Waals surface area (Å²) in [5.41, 5.74) is 31.2. The van der Waals surface area contributed by atoms with Gasteiger partial charge in [-0.15, -0.1) is 0 Å². The molecule has 0 spiro atoms.